The second kappa shape index (κ2) is 7.93. The molecule has 1 aliphatic heterocycles. The summed E-state index contributed by atoms with van der Waals surface area (Å²) in [6, 6.07) is 7.36. The largest absolute Gasteiger partial charge is 0.312 e. The Labute approximate surface area is 184 Å². The molecular formula is C24H24N4O2S. The number of rotatable bonds is 2. The van der Waals surface area contributed by atoms with Gasteiger partial charge in [-0.1, -0.05) is 13.3 Å². The van der Waals surface area contributed by atoms with Crippen LogP contribution in [0.25, 0.3) is 10.9 Å². The van der Waals surface area contributed by atoms with Crippen LogP contribution >= 0.6 is 11.3 Å². The predicted molar refractivity (Wildman–Crippen MR) is 122 cm³/mol. The number of fused-ring (bicyclic) bond motifs is 3. The average Bonchev–Trinajstić information content (AvgIpc) is 2.92. The number of anilines is 1. The van der Waals surface area contributed by atoms with E-state index in [2.05, 4.69) is 18.3 Å². The van der Waals surface area contributed by atoms with Crippen LogP contribution in [-0.2, 0) is 25.8 Å². The van der Waals surface area contributed by atoms with E-state index in [4.69, 9.17) is 4.98 Å². The molecule has 0 saturated carbocycles. The summed E-state index contributed by atoms with van der Waals surface area (Å²) in [4.78, 5) is 31.8. The van der Waals surface area contributed by atoms with Crippen LogP contribution in [0.5, 0.6) is 0 Å². The Bertz CT molecular complexity index is 1300. The second-order valence-corrected chi connectivity index (χ2v) is 9.75. The van der Waals surface area contributed by atoms with Gasteiger partial charge < -0.3 is 5.32 Å². The Hall–Kier alpha value is -2.98. The molecule has 1 aromatic carbocycles. The van der Waals surface area contributed by atoms with Crippen LogP contribution in [0, 0.1) is 17.2 Å². The van der Waals surface area contributed by atoms with E-state index < -0.39 is 0 Å². The van der Waals surface area contributed by atoms with Gasteiger partial charge in [-0.3, -0.25) is 14.2 Å². The molecule has 0 unspecified atom stereocenters. The monoisotopic (exact) mass is 432 g/mol. The third kappa shape index (κ3) is 3.55. The van der Waals surface area contributed by atoms with Crippen LogP contribution < -0.4 is 10.9 Å². The summed E-state index contributed by atoms with van der Waals surface area (Å²) in [6.07, 6.45) is 6.81. The number of aromatic nitrogens is 2. The van der Waals surface area contributed by atoms with Crippen LogP contribution in [0.1, 0.15) is 64.8 Å². The van der Waals surface area contributed by atoms with Gasteiger partial charge in [0.2, 0.25) is 0 Å². The summed E-state index contributed by atoms with van der Waals surface area (Å²) in [5.41, 5.74) is 2.67. The zero-order valence-electron chi connectivity index (χ0n) is 17.5. The SMILES string of the molecule is C[C@@H]1CCc2c(sc(NC(=O)c3ccc4c(=O)n5c(nc4c3)CCCCC5)c2C#N)C1. The fraction of sp³-hybridized carbons (Fsp3) is 0.417. The lowest BCUT2D eigenvalue weighted by atomic mass is 9.88. The van der Waals surface area contributed by atoms with Gasteiger partial charge in [-0.15, -0.1) is 11.3 Å². The number of hydrogen-bond donors (Lipinski definition) is 1. The number of thiophene rings is 1. The first-order valence-electron chi connectivity index (χ1n) is 10.9. The maximum Gasteiger partial charge on any atom is 0.261 e. The molecule has 1 N–H and O–H groups in total. The summed E-state index contributed by atoms with van der Waals surface area (Å²) in [5, 5.41) is 13.8. The fourth-order valence-corrected chi connectivity index (χ4v) is 6.05. The summed E-state index contributed by atoms with van der Waals surface area (Å²) < 4.78 is 1.78. The molecule has 1 aliphatic carbocycles. The van der Waals surface area contributed by atoms with E-state index >= 15 is 0 Å². The van der Waals surface area contributed by atoms with Gasteiger partial charge in [0.15, 0.2) is 0 Å². The average molecular weight is 433 g/mol. The maximum absolute atomic E-state index is 13.0. The van der Waals surface area contributed by atoms with Crippen molar-refractivity contribution in [2.45, 2.75) is 58.4 Å². The lowest BCUT2D eigenvalue weighted by Crippen LogP contribution is -2.24. The summed E-state index contributed by atoms with van der Waals surface area (Å²) >= 11 is 1.52. The Morgan fingerprint density at radius 2 is 2.16 bits per heavy atom. The van der Waals surface area contributed by atoms with Crippen molar-refractivity contribution < 1.29 is 4.79 Å². The number of benzene rings is 1. The van der Waals surface area contributed by atoms with Crippen molar-refractivity contribution in [1.82, 2.24) is 9.55 Å². The minimum Gasteiger partial charge on any atom is -0.312 e. The van der Waals surface area contributed by atoms with Gasteiger partial charge in [0.25, 0.3) is 11.5 Å². The lowest BCUT2D eigenvalue weighted by molar-refractivity contribution is 0.102. The smallest absolute Gasteiger partial charge is 0.261 e. The van der Waals surface area contributed by atoms with Crippen LogP contribution in [-0.4, -0.2) is 15.5 Å². The number of nitriles is 1. The highest BCUT2D eigenvalue weighted by molar-refractivity contribution is 7.16. The van der Waals surface area contributed by atoms with Gasteiger partial charge in [-0.25, -0.2) is 4.98 Å². The summed E-state index contributed by atoms with van der Waals surface area (Å²) in [5.74, 6) is 1.13. The molecule has 1 amide bonds. The Morgan fingerprint density at radius 3 is 3.00 bits per heavy atom. The van der Waals surface area contributed by atoms with E-state index in [1.54, 1.807) is 22.8 Å². The molecule has 0 fully saturated rings. The fourth-order valence-electron chi connectivity index (χ4n) is 4.69. The van der Waals surface area contributed by atoms with E-state index in [-0.39, 0.29) is 11.5 Å². The van der Waals surface area contributed by atoms with Crippen molar-refractivity contribution in [3.05, 3.63) is 55.9 Å². The predicted octanol–water partition coefficient (Wildman–Crippen LogP) is 4.43. The van der Waals surface area contributed by atoms with E-state index in [0.29, 0.717) is 39.5 Å². The number of hydrogen-bond acceptors (Lipinski definition) is 5. The molecule has 7 heteroatoms. The van der Waals surface area contributed by atoms with Crippen LogP contribution in [0.15, 0.2) is 23.0 Å². The van der Waals surface area contributed by atoms with Gasteiger partial charge in [-0.2, -0.15) is 5.26 Å². The number of aryl methyl sites for hydroxylation is 1. The molecule has 31 heavy (non-hydrogen) atoms. The van der Waals surface area contributed by atoms with Gasteiger partial charge in [0, 0.05) is 23.4 Å². The van der Waals surface area contributed by atoms with Crippen molar-refractivity contribution in [1.29, 1.82) is 5.26 Å². The summed E-state index contributed by atoms with van der Waals surface area (Å²) in [6.45, 7) is 2.93. The van der Waals surface area contributed by atoms with Crippen molar-refractivity contribution >= 4 is 33.1 Å². The number of carbonyl (C=O) groups is 1. The molecule has 0 radical (unpaired) electrons. The Kier molecular flexibility index (Phi) is 5.11. The van der Waals surface area contributed by atoms with Gasteiger partial charge in [0.1, 0.15) is 16.9 Å². The third-order valence-corrected chi connectivity index (χ3v) is 7.60. The number of amides is 1. The molecule has 158 valence electrons. The molecule has 0 spiro atoms. The topological polar surface area (TPSA) is 87.8 Å². The second-order valence-electron chi connectivity index (χ2n) is 8.65. The molecule has 2 aromatic heterocycles. The maximum atomic E-state index is 13.0. The molecule has 5 rings (SSSR count). The Morgan fingerprint density at radius 1 is 1.29 bits per heavy atom. The highest BCUT2D eigenvalue weighted by atomic mass is 32.1. The van der Waals surface area contributed by atoms with E-state index in [0.717, 1.165) is 56.3 Å². The normalized spacial score (nSPS) is 18.0. The molecule has 1 atom stereocenters. The number of nitrogens with zero attached hydrogens (tertiary/aromatic N) is 3. The zero-order chi connectivity index (χ0) is 21.5. The highest BCUT2D eigenvalue weighted by Gasteiger charge is 2.25. The van der Waals surface area contributed by atoms with Crippen LogP contribution in [0.3, 0.4) is 0 Å². The van der Waals surface area contributed by atoms with Crippen molar-refractivity contribution in [3.63, 3.8) is 0 Å². The minimum atomic E-state index is -0.276. The summed E-state index contributed by atoms with van der Waals surface area (Å²) in [7, 11) is 0. The molecule has 3 heterocycles. The van der Waals surface area contributed by atoms with E-state index in [9.17, 15) is 14.9 Å². The lowest BCUT2D eigenvalue weighted by Gasteiger charge is -2.17. The minimum absolute atomic E-state index is 0.0272. The molecular weight excluding hydrogens is 408 g/mol. The third-order valence-electron chi connectivity index (χ3n) is 6.43. The van der Waals surface area contributed by atoms with Crippen LogP contribution in [0.4, 0.5) is 5.00 Å². The van der Waals surface area contributed by atoms with Crippen molar-refractivity contribution in [3.8, 4) is 6.07 Å². The molecule has 0 bridgehead atoms. The van der Waals surface area contributed by atoms with Crippen molar-refractivity contribution in [2.24, 2.45) is 5.92 Å². The molecule has 6 nitrogen and oxygen atoms in total. The van der Waals surface area contributed by atoms with Gasteiger partial charge in [-0.05, 0) is 61.8 Å². The number of nitrogens with one attached hydrogen (secondary N) is 1. The first-order chi connectivity index (χ1) is 15.0. The molecule has 2 aliphatic rings. The van der Waals surface area contributed by atoms with Crippen LogP contribution in [0.2, 0.25) is 0 Å². The highest BCUT2D eigenvalue weighted by Crippen LogP contribution is 2.39. The Balaban J connectivity index is 1.48. The van der Waals surface area contributed by atoms with Gasteiger partial charge >= 0.3 is 0 Å². The molecule has 0 saturated heterocycles. The standard InChI is InChI=1S/C24H24N4O2S/c1-14-6-8-16-18(13-25)23(31-20(16)11-14)27-22(29)15-7-9-17-19(12-15)26-21-5-3-2-4-10-28(21)24(17)30/h7,9,12,14H,2-6,8,10-11H2,1H3,(H,27,29)/t14-/m1/s1. The zero-order valence-corrected chi connectivity index (χ0v) is 18.3. The van der Waals surface area contributed by atoms with E-state index in [1.807, 2.05) is 0 Å². The first-order valence-corrected chi connectivity index (χ1v) is 11.8. The van der Waals surface area contributed by atoms with E-state index in [1.165, 1.54) is 16.2 Å². The van der Waals surface area contributed by atoms with Crippen molar-refractivity contribution in [2.75, 3.05) is 5.32 Å². The van der Waals surface area contributed by atoms with Gasteiger partial charge in [0.05, 0.1) is 16.5 Å². The first kappa shape index (κ1) is 20.0. The number of carbonyl (C=O) groups excluding carboxylic acids is 1. The quantitative estimate of drug-likeness (QED) is 0.649. The molecule has 3 aromatic rings.